The van der Waals surface area contributed by atoms with Gasteiger partial charge in [0, 0.05) is 21.1 Å². The average Bonchev–Trinajstić information content (AvgIpc) is 2.46. The van der Waals surface area contributed by atoms with Crippen LogP contribution in [0.25, 0.3) is 0 Å². The number of thioether (sulfide) groups is 1. The molecular weight excluding hydrogens is 369 g/mol. The summed E-state index contributed by atoms with van der Waals surface area (Å²) >= 11 is 4.36. The number of ether oxygens (including phenoxy) is 1. The SMILES string of the molecule is CCCNC(Cc1ccc(I)cc1)C1CSCCO1. The molecule has 2 rings (SSSR count). The average molecular weight is 391 g/mol. The van der Waals surface area contributed by atoms with Crippen molar-refractivity contribution in [2.75, 3.05) is 24.7 Å². The highest BCUT2D eigenvalue weighted by molar-refractivity contribution is 14.1. The topological polar surface area (TPSA) is 21.3 Å². The summed E-state index contributed by atoms with van der Waals surface area (Å²) in [6.45, 7) is 4.18. The molecule has 2 atom stereocenters. The van der Waals surface area contributed by atoms with Gasteiger partial charge in [-0.15, -0.1) is 0 Å². The largest absolute Gasteiger partial charge is 0.375 e. The van der Waals surface area contributed by atoms with Gasteiger partial charge in [-0.05, 0) is 59.7 Å². The van der Waals surface area contributed by atoms with Crippen LogP contribution in [0.1, 0.15) is 18.9 Å². The quantitative estimate of drug-likeness (QED) is 0.752. The van der Waals surface area contributed by atoms with Gasteiger partial charge in [-0.2, -0.15) is 11.8 Å². The molecule has 0 aromatic heterocycles. The third-order valence-electron chi connectivity index (χ3n) is 3.32. The summed E-state index contributed by atoms with van der Waals surface area (Å²) in [5, 5.41) is 3.66. The van der Waals surface area contributed by atoms with E-state index in [4.69, 9.17) is 4.74 Å². The summed E-state index contributed by atoms with van der Waals surface area (Å²) < 4.78 is 7.24. The highest BCUT2D eigenvalue weighted by Crippen LogP contribution is 2.18. The van der Waals surface area contributed by atoms with E-state index in [0.29, 0.717) is 12.1 Å². The van der Waals surface area contributed by atoms with Crippen molar-refractivity contribution < 1.29 is 4.74 Å². The van der Waals surface area contributed by atoms with E-state index in [0.717, 1.165) is 31.1 Å². The van der Waals surface area contributed by atoms with Gasteiger partial charge < -0.3 is 10.1 Å². The van der Waals surface area contributed by atoms with E-state index < -0.39 is 0 Å². The zero-order valence-corrected chi connectivity index (χ0v) is 14.4. The van der Waals surface area contributed by atoms with E-state index in [1.54, 1.807) is 0 Å². The van der Waals surface area contributed by atoms with Crippen LogP contribution in [0.3, 0.4) is 0 Å². The molecule has 1 heterocycles. The maximum absolute atomic E-state index is 5.95. The van der Waals surface area contributed by atoms with Crippen molar-refractivity contribution in [3.63, 3.8) is 0 Å². The molecule has 0 spiro atoms. The molecule has 1 aromatic carbocycles. The van der Waals surface area contributed by atoms with E-state index in [2.05, 4.69) is 59.1 Å². The van der Waals surface area contributed by atoms with Crippen molar-refractivity contribution in [1.29, 1.82) is 0 Å². The maximum Gasteiger partial charge on any atom is 0.0821 e. The highest BCUT2D eigenvalue weighted by Gasteiger charge is 2.24. The molecule has 19 heavy (non-hydrogen) atoms. The van der Waals surface area contributed by atoms with Gasteiger partial charge in [0.05, 0.1) is 12.7 Å². The zero-order valence-electron chi connectivity index (χ0n) is 11.4. The molecule has 1 N–H and O–H groups in total. The number of halogens is 1. The van der Waals surface area contributed by atoms with Crippen LogP contribution in [0.15, 0.2) is 24.3 Å². The predicted molar refractivity (Wildman–Crippen MR) is 92.0 cm³/mol. The molecule has 1 fully saturated rings. The lowest BCUT2D eigenvalue weighted by atomic mass is 10.0. The van der Waals surface area contributed by atoms with Crippen molar-refractivity contribution >= 4 is 34.4 Å². The van der Waals surface area contributed by atoms with E-state index in [1.807, 2.05) is 11.8 Å². The third kappa shape index (κ3) is 5.25. The lowest BCUT2D eigenvalue weighted by Crippen LogP contribution is -2.46. The normalized spacial score (nSPS) is 21.3. The Balaban J connectivity index is 1.97. The van der Waals surface area contributed by atoms with Gasteiger partial charge in [0.2, 0.25) is 0 Å². The van der Waals surface area contributed by atoms with Gasteiger partial charge in [0.15, 0.2) is 0 Å². The first kappa shape index (κ1) is 15.6. The Kier molecular flexibility index (Phi) is 6.98. The van der Waals surface area contributed by atoms with Crippen molar-refractivity contribution in [3.05, 3.63) is 33.4 Å². The minimum Gasteiger partial charge on any atom is -0.375 e. The Bertz CT molecular complexity index is 365. The highest BCUT2D eigenvalue weighted by atomic mass is 127. The summed E-state index contributed by atoms with van der Waals surface area (Å²) in [4.78, 5) is 0. The van der Waals surface area contributed by atoms with E-state index in [-0.39, 0.29) is 0 Å². The second-order valence-electron chi connectivity index (χ2n) is 4.88. The summed E-state index contributed by atoms with van der Waals surface area (Å²) in [5.74, 6) is 2.26. The van der Waals surface area contributed by atoms with E-state index in [1.165, 1.54) is 15.6 Å². The fourth-order valence-electron chi connectivity index (χ4n) is 2.28. The first-order chi connectivity index (χ1) is 9.29. The standard InChI is InChI=1S/C15H22INOS/c1-2-7-17-14(15-11-19-9-8-18-15)10-12-3-5-13(16)6-4-12/h3-6,14-15,17H,2,7-11H2,1H3. The first-order valence-electron chi connectivity index (χ1n) is 6.96. The fraction of sp³-hybridized carbons (Fsp3) is 0.600. The van der Waals surface area contributed by atoms with Gasteiger partial charge in [0.1, 0.15) is 0 Å². The Morgan fingerprint density at radius 3 is 2.84 bits per heavy atom. The first-order valence-corrected chi connectivity index (χ1v) is 9.20. The Morgan fingerprint density at radius 1 is 1.42 bits per heavy atom. The Morgan fingerprint density at radius 2 is 2.21 bits per heavy atom. The van der Waals surface area contributed by atoms with Crippen LogP contribution >= 0.6 is 34.4 Å². The summed E-state index contributed by atoms with van der Waals surface area (Å²) in [7, 11) is 0. The van der Waals surface area contributed by atoms with Gasteiger partial charge in [-0.3, -0.25) is 0 Å². The number of benzene rings is 1. The molecule has 0 radical (unpaired) electrons. The van der Waals surface area contributed by atoms with E-state index >= 15 is 0 Å². The Hall–Kier alpha value is 0.220. The van der Waals surface area contributed by atoms with Crippen LogP contribution in [-0.4, -0.2) is 36.8 Å². The van der Waals surface area contributed by atoms with Crippen LogP contribution in [0.2, 0.25) is 0 Å². The molecule has 106 valence electrons. The second kappa shape index (κ2) is 8.49. The smallest absolute Gasteiger partial charge is 0.0821 e. The molecule has 1 aliphatic heterocycles. The summed E-state index contributed by atoms with van der Waals surface area (Å²) in [6.07, 6.45) is 2.58. The van der Waals surface area contributed by atoms with Gasteiger partial charge in [-0.25, -0.2) is 0 Å². The van der Waals surface area contributed by atoms with Crippen LogP contribution in [0, 0.1) is 3.57 Å². The van der Waals surface area contributed by atoms with Gasteiger partial charge in [-0.1, -0.05) is 19.1 Å². The van der Waals surface area contributed by atoms with Crippen LogP contribution in [0.4, 0.5) is 0 Å². The van der Waals surface area contributed by atoms with Crippen molar-refractivity contribution in [1.82, 2.24) is 5.32 Å². The second-order valence-corrected chi connectivity index (χ2v) is 7.27. The number of hydrogen-bond donors (Lipinski definition) is 1. The van der Waals surface area contributed by atoms with Gasteiger partial charge in [0.25, 0.3) is 0 Å². The molecular formula is C15H22INOS. The minimum absolute atomic E-state index is 0.351. The number of hydrogen-bond acceptors (Lipinski definition) is 3. The molecule has 0 amide bonds. The predicted octanol–water partition coefficient (Wildman–Crippen LogP) is 3.33. The fourth-order valence-corrected chi connectivity index (χ4v) is 3.58. The number of nitrogens with one attached hydrogen (secondary N) is 1. The zero-order chi connectivity index (χ0) is 13.5. The summed E-state index contributed by atoms with van der Waals surface area (Å²) in [6, 6.07) is 9.27. The van der Waals surface area contributed by atoms with Crippen molar-refractivity contribution in [3.8, 4) is 0 Å². The van der Waals surface area contributed by atoms with Crippen molar-refractivity contribution in [2.45, 2.75) is 31.9 Å². The molecule has 4 heteroatoms. The molecule has 1 aromatic rings. The Labute approximate surface area is 134 Å². The minimum atomic E-state index is 0.351. The van der Waals surface area contributed by atoms with Crippen LogP contribution < -0.4 is 5.32 Å². The molecule has 2 nitrogen and oxygen atoms in total. The molecule has 0 saturated carbocycles. The van der Waals surface area contributed by atoms with Gasteiger partial charge >= 0.3 is 0 Å². The van der Waals surface area contributed by atoms with Crippen LogP contribution in [-0.2, 0) is 11.2 Å². The van der Waals surface area contributed by atoms with Crippen LogP contribution in [0.5, 0.6) is 0 Å². The lowest BCUT2D eigenvalue weighted by molar-refractivity contribution is 0.0472. The number of rotatable bonds is 6. The third-order valence-corrected chi connectivity index (χ3v) is 5.05. The molecule has 2 unspecified atom stereocenters. The summed E-state index contributed by atoms with van der Waals surface area (Å²) in [5.41, 5.74) is 1.40. The molecule has 0 bridgehead atoms. The van der Waals surface area contributed by atoms with E-state index in [9.17, 15) is 0 Å². The molecule has 1 saturated heterocycles. The maximum atomic E-state index is 5.95. The van der Waals surface area contributed by atoms with Crippen molar-refractivity contribution in [2.24, 2.45) is 0 Å². The monoisotopic (exact) mass is 391 g/mol. The lowest BCUT2D eigenvalue weighted by Gasteiger charge is -2.31. The molecule has 1 aliphatic rings. The molecule has 0 aliphatic carbocycles.